The number of carbonyl (C=O) groups excluding carboxylic acids is 1. The van der Waals surface area contributed by atoms with Gasteiger partial charge >= 0.3 is 0 Å². The van der Waals surface area contributed by atoms with Gasteiger partial charge in [-0.1, -0.05) is 56.8 Å². The van der Waals surface area contributed by atoms with Crippen LogP contribution in [0, 0.1) is 11.8 Å². The summed E-state index contributed by atoms with van der Waals surface area (Å²) in [5.41, 5.74) is 9.77. The van der Waals surface area contributed by atoms with Crippen LogP contribution in [0.15, 0.2) is 41.4 Å². The van der Waals surface area contributed by atoms with Gasteiger partial charge in [-0.2, -0.15) is 0 Å². The molecule has 0 saturated carbocycles. The Labute approximate surface area is 209 Å². The van der Waals surface area contributed by atoms with E-state index >= 15 is 0 Å². The number of fused-ring (bicyclic) bond motifs is 1. The van der Waals surface area contributed by atoms with E-state index in [-0.39, 0.29) is 5.91 Å². The first kappa shape index (κ1) is 26.1. The van der Waals surface area contributed by atoms with Crippen molar-refractivity contribution in [3.63, 3.8) is 0 Å². The summed E-state index contributed by atoms with van der Waals surface area (Å²) in [7, 11) is 0. The number of ether oxygens (including phenoxy) is 1. The molecule has 5 nitrogen and oxygen atoms in total. The van der Waals surface area contributed by atoms with E-state index in [1.165, 1.54) is 0 Å². The minimum Gasteiger partial charge on any atom is -0.494 e. The zero-order valence-corrected chi connectivity index (χ0v) is 21.2. The Bertz CT molecular complexity index is 957. The van der Waals surface area contributed by atoms with Crippen LogP contribution in [-0.4, -0.2) is 18.7 Å². The molecule has 0 bridgehead atoms. The number of nitrogens with two attached hydrogens (primary N) is 1. The van der Waals surface area contributed by atoms with Crippen LogP contribution >= 0.6 is 11.6 Å². The van der Waals surface area contributed by atoms with Crippen molar-refractivity contribution in [3.05, 3.63) is 52.5 Å². The second kappa shape index (κ2) is 13.4. The van der Waals surface area contributed by atoms with Gasteiger partial charge in [-0.05, 0) is 72.9 Å². The number of nitrogen functional groups attached to an aromatic ring is 1. The Morgan fingerprint density at radius 3 is 2.71 bits per heavy atom. The van der Waals surface area contributed by atoms with Crippen LogP contribution in [0.25, 0.3) is 0 Å². The summed E-state index contributed by atoms with van der Waals surface area (Å²) in [6.45, 7) is 5.67. The molecule has 3 N–H and O–H groups in total. The van der Waals surface area contributed by atoms with Gasteiger partial charge < -0.3 is 15.8 Å². The SMILES string of the molecule is CC(C)CCOc1ccc(CNC(=O)CCCCCCC2C=Nc3c(N)cc(Cl)cc3C2)cc1. The average Bonchev–Trinajstić information content (AvgIpc) is 2.80. The number of amides is 1. The molecule has 1 unspecified atom stereocenters. The van der Waals surface area contributed by atoms with E-state index in [9.17, 15) is 4.79 Å². The van der Waals surface area contributed by atoms with E-state index in [4.69, 9.17) is 22.1 Å². The predicted octanol–water partition coefficient (Wildman–Crippen LogP) is 6.88. The molecule has 2 aromatic rings. The van der Waals surface area contributed by atoms with Gasteiger partial charge in [-0.3, -0.25) is 9.79 Å². The smallest absolute Gasteiger partial charge is 0.220 e. The minimum atomic E-state index is 0.114. The molecule has 0 saturated heterocycles. The number of rotatable bonds is 13. The topological polar surface area (TPSA) is 76.7 Å². The number of benzene rings is 2. The first-order valence-corrected chi connectivity index (χ1v) is 12.9. The first-order valence-electron chi connectivity index (χ1n) is 12.5. The normalized spacial score (nSPS) is 14.8. The number of hydrogen-bond donors (Lipinski definition) is 2. The van der Waals surface area contributed by atoms with Crippen LogP contribution in [-0.2, 0) is 17.8 Å². The fourth-order valence-electron chi connectivity index (χ4n) is 4.13. The Morgan fingerprint density at radius 2 is 1.94 bits per heavy atom. The lowest BCUT2D eigenvalue weighted by Crippen LogP contribution is -2.22. The summed E-state index contributed by atoms with van der Waals surface area (Å²) in [4.78, 5) is 16.7. The fraction of sp³-hybridized carbons (Fsp3) is 0.500. The summed E-state index contributed by atoms with van der Waals surface area (Å²) in [5, 5.41) is 3.69. The lowest BCUT2D eigenvalue weighted by molar-refractivity contribution is -0.121. The molecule has 1 aliphatic heterocycles. The molecular weight excluding hydrogens is 446 g/mol. The third kappa shape index (κ3) is 8.68. The van der Waals surface area contributed by atoms with Gasteiger partial charge in [0.15, 0.2) is 0 Å². The van der Waals surface area contributed by atoms with Crippen molar-refractivity contribution in [2.24, 2.45) is 16.8 Å². The second-order valence-corrected chi connectivity index (χ2v) is 10.1. The molecule has 6 heteroatoms. The van der Waals surface area contributed by atoms with Gasteiger partial charge in [-0.25, -0.2) is 0 Å². The van der Waals surface area contributed by atoms with Crippen molar-refractivity contribution in [2.45, 2.75) is 71.8 Å². The molecule has 1 amide bonds. The zero-order chi connectivity index (χ0) is 24.3. The van der Waals surface area contributed by atoms with Gasteiger partial charge in [0, 0.05) is 24.2 Å². The number of nitrogens with zero attached hydrogens (tertiary/aromatic N) is 1. The Balaban J connectivity index is 1.24. The summed E-state index contributed by atoms with van der Waals surface area (Å²) >= 11 is 6.14. The van der Waals surface area contributed by atoms with E-state index in [1.54, 1.807) is 6.07 Å². The Morgan fingerprint density at radius 1 is 1.18 bits per heavy atom. The molecule has 1 atom stereocenters. The van der Waals surface area contributed by atoms with E-state index in [0.717, 1.165) is 74.1 Å². The van der Waals surface area contributed by atoms with Crippen LogP contribution in [0.4, 0.5) is 11.4 Å². The molecule has 2 aromatic carbocycles. The quantitative estimate of drug-likeness (QED) is 0.241. The maximum absolute atomic E-state index is 12.2. The molecule has 34 heavy (non-hydrogen) atoms. The molecular formula is C28H38ClN3O2. The molecule has 0 radical (unpaired) electrons. The average molecular weight is 484 g/mol. The first-order chi connectivity index (χ1) is 16.4. The number of halogens is 1. The monoisotopic (exact) mass is 483 g/mol. The van der Waals surface area contributed by atoms with Gasteiger partial charge in [0.05, 0.1) is 18.0 Å². The summed E-state index contributed by atoms with van der Waals surface area (Å²) in [6.07, 6.45) is 9.94. The second-order valence-electron chi connectivity index (χ2n) is 9.65. The molecule has 3 rings (SSSR count). The van der Waals surface area contributed by atoms with Gasteiger partial charge in [-0.15, -0.1) is 0 Å². The van der Waals surface area contributed by atoms with E-state index in [2.05, 4.69) is 24.2 Å². The number of aliphatic imine (C=N–C) groups is 1. The van der Waals surface area contributed by atoms with Crippen molar-refractivity contribution < 1.29 is 9.53 Å². The summed E-state index contributed by atoms with van der Waals surface area (Å²) < 4.78 is 5.74. The highest BCUT2D eigenvalue weighted by Crippen LogP contribution is 2.35. The van der Waals surface area contributed by atoms with E-state index in [0.29, 0.717) is 35.5 Å². The molecule has 0 aliphatic carbocycles. The van der Waals surface area contributed by atoms with Crippen molar-refractivity contribution in [3.8, 4) is 5.75 Å². The largest absolute Gasteiger partial charge is 0.494 e. The van der Waals surface area contributed by atoms with Crippen molar-refractivity contribution >= 4 is 35.1 Å². The van der Waals surface area contributed by atoms with Gasteiger partial charge in [0.25, 0.3) is 0 Å². The van der Waals surface area contributed by atoms with Crippen molar-refractivity contribution in [2.75, 3.05) is 12.3 Å². The van der Waals surface area contributed by atoms with Crippen LogP contribution in [0.5, 0.6) is 5.75 Å². The molecule has 1 aliphatic rings. The standard InChI is InChI=1S/C28H38ClN3O2/c1-20(2)13-14-34-25-11-9-21(10-12-25)18-31-27(33)8-6-4-3-5-7-22-15-23-16-24(29)17-26(30)28(23)32-19-22/h9-12,16-17,19-20,22H,3-8,13-15,18,30H2,1-2H3,(H,31,33). The molecule has 0 spiro atoms. The highest BCUT2D eigenvalue weighted by Gasteiger charge is 2.17. The van der Waals surface area contributed by atoms with Crippen LogP contribution < -0.4 is 15.8 Å². The Kier molecular flexibility index (Phi) is 10.3. The number of anilines is 1. The molecule has 184 valence electrons. The van der Waals surface area contributed by atoms with Crippen LogP contribution in [0.2, 0.25) is 5.02 Å². The van der Waals surface area contributed by atoms with Crippen molar-refractivity contribution in [1.82, 2.24) is 5.32 Å². The molecule has 0 fully saturated rings. The minimum absolute atomic E-state index is 0.114. The van der Waals surface area contributed by atoms with Gasteiger partial charge in [0.2, 0.25) is 5.91 Å². The van der Waals surface area contributed by atoms with Crippen molar-refractivity contribution in [1.29, 1.82) is 0 Å². The van der Waals surface area contributed by atoms with Gasteiger partial charge in [0.1, 0.15) is 5.75 Å². The van der Waals surface area contributed by atoms with Crippen LogP contribution in [0.1, 0.15) is 69.9 Å². The number of carbonyl (C=O) groups is 1. The maximum Gasteiger partial charge on any atom is 0.220 e. The highest BCUT2D eigenvalue weighted by atomic mass is 35.5. The predicted molar refractivity (Wildman–Crippen MR) is 142 cm³/mol. The number of unbranched alkanes of at least 4 members (excludes halogenated alkanes) is 3. The molecule has 0 aromatic heterocycles. The fourth-order valence-corrected chi connectivity index (χ4v) is 4.38. The molecule has 1 heterocycles. The highest BCUT2D eigenvalue weighted by molar-refractivity contribution is 6.31. The van der Waals surface area contributed by atoms with E-state index < -0.39 is 0 Å². The zero-order valence-electron chi connectivity index (χ0n) is 20.5. The van der Waals surface area contributed by atoms with Crippen LogP contribution in [0.3, 0.4) is 0 Å². The third-order valence-electron chi connectivity index (χ3n) is 6.19. The summed E-state index contributed by atoms with van der Waals surface area (Å²) in [6, 6.07) is 11.7. The third-order valence-corrected chi connectivity index (χ3v) is 6.40. The summed E-state index contributed by atoms with van der Waals surface area (Å²) in [5.74, 6) is 2.06. The lowest BCUT2D eigenvalue weighted by Gasteiger charge is -2.20. The Hall–Kier alpha value is -2.53. The maximum atomic E-state index is 12.2. The number of hydrogen-bond acceptors (Lipinski definition) is 4. The van der Waals surface area contributed by atoms with E-state index in [1.807, 2.05) is 36.5 Å². The number of nitrogens with one attached hydrogen (secondary N) is 1. The lowest BCUT2D eigenvalue weighted by atomic mass is 9.91.